The van der Waals surface area contributed by atoms with Gasteiger partial charge in [-0.25, -0.2) is 0 Å². The van der Waals surface area contributed by atoms with Crippen LogP contribution in [0.2, 0.25) is 15.1 Å². The zero-order chi connectivity index (χ0) is 18.2. The molecule has 2 aromatic rings. The molecule has 0 heterocycles. The van der Waals surface area contributed by atoms with Crippen molar-refractivity contribution in [2.45, 2.75) is 13.2 Å². The molecule has 25 heavy (non-hydrogen) atoms. The van der Waals surface area contributed by atoms with Crippen LogP contribution in [0.25, 0.3) is 0 Å². The van der Waals surface area contributed by atoms with Crippen LogP contribution in [0.3, 0.4) is 0 Å². The maximum absolute atomic E-state index is 6.35. The fraction of sp³-hybridized carbons (Fsp3) is 0.333. The van der Waals surface area contributed by atoms with Gasteiger partial charge in [0.15, 0.2) is 11.5 Å². The Kier molecular flexibility index (Phi) is 8.13. The number of benzene rings is 2. The average molecular weight is 405 g/mol. The first-order valence-electron chi connectivity index (χ1n) is 7.68. The molecule has 4 nitrogen and oxygen atoms in total. The van der Waals surface area contributed by atoms with E-state index < -0.39 is 0 Å². The molecular formula is C18H20Cl3NO3. The average Bonchev–Trinajstić information content (AvgIpc) is 2.59. The molecule has 0 unspecified atom stereocenters. The minimum atomic E-state index is 0.286. The summed E-state index contributed by atoms with van der Waals surface area (Å²) in [6.07, 6.45) is 0. The fourth-order valence-electron chi connectivity index (χ4n) is 2.18. The molecule has 0 radical (unpaired) electrons. The molecule has 0 aromatic heterocycles. The number of rotatable bonds is 9. The van der Waals surface area contributed by atoms with E-state index in [-0.39, 0.29) is 6.61 Å². The summed E-state index contributed by atoms with van der Waals surface area (Å²) in [5, 5.41) is 4.98. The normalized spacial score (nSPS) is 10.8. The lowest BCUT2D eigenvalue weighted by Crippen LogP contribution is -2.18. The zero-order valence-electron chi connectivity index (χ0n) is 14.1. The third-order valence-corrected chi connectivity index (χ3v) is 4.47. The highest BCUT2D eigenvalue weighted by Crippen LogP contribution is 2.34. The van der Waals surface area contributed by atoms with Crippen molar-refractivity contribution in [2.24, 2.45) is 0 Å². The number of methoxy groups -OCH3 is 2. The van der Waals surface area contributed by atoms with Crippen molar-refractivity contribution in [3.8, 4) is 11.5 Å². The fourth-order valence-corrected chi connectivity index (χ4v) is 2.86. The van der Waals surface area contributed by atoms with Crippen LogP contribution in [0.15, 0.2) is 30.3 Å². The zero-order valence-corrected chi connectivity index (χ0v) is 16.3. The Labute approximate surface area is 162 Å². The quantitative estimate of drug-likeness (QED) is 0.599. The van der Waals surface area contributed by atoms with Gasteiger partial charge in [-0.1, -0.05) is 40.9 Å². The Bertz CT molecular complexity index is 710. The van der Waals surface area contributed by atoms with E-state index in [4.69, 9.17) is 49.0 Å². The largest absolute Gasteiger partial charge is 0.493 e. The van der Waals surface area contributed by atoms with Crippen LogP contribution in [-0.4, -0.2) is 27.4 Å². The molecule has 7 heteroatoms. The summed E-state index contributed by atoms with van der Waals surface area (Å²) < 4.78 is 16.3. The summed E-state index contributed by atoms with van der Waals surface area (Å²) in [7, 11) is 3.25. The van der Waals surface area contributed by atoms with Gasteiger partial charge in [0.1, 0.15) is 6.61 Å². The van der Waals surface area contributed by atoms with Crippen molar-refractivity contribution in [2.75, 3.05) is 27.4 Å². The Balaban J connectivity index is 2.08. The lowest BCUT2D eigenvalue weighted by atomic mass is 10.2. The molecule has 0 amide bonds. The second-order valence-corrected chi connectivity index (χ2v) is 6.54. The molecular weight excluding hydrogens is 385 g/mol. The van der Waals surface area contributed by atoms with Crippen molar-refractivity contribution < 1.29 is 14.2 Å². The summed E-state index contributed by atoms with van der Waals surface area (Å²) in [4.78, 5) is 0. The Morgan fingerprint density at radius 3 is 2.36 bits per heavy atom. The summed E-state index contributed by atoms with van der Waals surface area (Å²) in [6.45, 7) is 2.27. The third kappa shape index (κ3) is 5.94. The highest BCUT2D eigenvalue weighted by Gasteiger charge is 2.12. The first-order valence-corrected chi connectivity index (χ1v) is 8.81. The number of halogens is 3. The lowest BCUT2D eigenvalue weighted by molar-refractivity contribution is 0.199. The van der Waals surface area contributed by atoms with Gasteiger partial charge in [0.2, 0.25) is 0 Å². The van der Waals surface area contributed by atoms with E-state index in [2.05, 4.69) is 5.32 Å². The maximum atomic E-state index is 6.35. The molecule has 0 fully saturated rings. The van der Waals surface area contributed by atoms with Gasteiger partial charge >= 0.3 is 0 Å². The summed E-state index contributed by atoms with van der Waals surface area (Å²) in [6, 6.07) is 8.89. The first kappa shape index (κ1) is 20.1. The molecule has 0 aliphatic rings. The van der Waals surface area contributed by atoms with E-state index in [1.807, 2.05) is 12.1 Å². The van der Waals surface area contributed by atoms with E-state index in [0.29, 0.717) is 39.7 Å². The topological polar surface area (TPSA) is 39.7 Å². The van der Waals surface area contributed by atoms with Crippen molar-refractivity contribution in [3.05, 3.63) is 56.5 Å². The van der Waals surface area contributed by atoms with Crippen LogP contribution >= 0.6 is 34.8 Å². The molecule has 0 bridgehead atoms. The van der Waals surface area contributed by atoms with E-state index >= 15 is 0 Å². The summed E-state index contributed by atoms with van der Waals surface area (Å²) >= 11 is 18.4. The van der Waals surface area contributed by atoms with Crippen molar-refractivity contribution in [3.63, 3.8) is 0 Å². The van der Waals surface area contributed by atoms with Gasteiger partial charge in [-0.15, -0.1) is 0 Å². The van der Waals surface area contributed by atoms with Gasteiger partial charge in [-0.3, -0.25) is 0 Å². The van der Waals surface area contributed by atoms with Gasteiger partial charge in [0.05, 0.1) is 13.7 Å². The summed E-state index contributed by atoms with van der Waals surface area (Å²) in [5.74, 6) is 1.16. The van der Waals surface area contributed by atoms with Gasteiger partial charge in [0, 0.05) is 46.9 Å². The summed E-state index contributed by atoms with van der Waals surface area (Å²) in [5.41, 5.74) is 1.75. The molecule has 0 saturated heterocycles. The molecule has 136 valence electrons. The molecule has 2 aromatic carbocycles. The van der Waals surface area contributed by atoms with E-state index in [0.717, 1.165) is 17.7 Å². The molecule has 0 saturated carbocycles. The van der Waals surface area contributed by atoms with Crippen molar-refractivity contribution in [1.82, 2.24) is 5.32 Å². The van der Waals surface area contributed by atoms with Crippen molar-refractivity contribution in [1.29, 1.82) is 0 Å². The predicted molar refractivity (Wildman–Crippen MR) is 102 cm³/mol. The van der Waals surface area contributed by atoms with Crippen LogP contribution < -0.4 is 14.8 Å². The standard InChI is InChI=1S/C18H20Cl3NO3/c1-23-6-5-22-10-13-7-17(24-2)18(9-16(13)21)25-11-12-3-4-14(19)8-15(12)20/h3-4,7-9,22H,5-6,10-11H2,1-2H3. The van der Waals surface area contributed by atoms with Gasteiger partial charge in [-0.2, -0.15) is 0 Å². The van der Waals surface area contributed by atoms with Crippen LogP contribution in [0.4, 0.5) is 0 Å². The van der Waals surface area contributed by atoms with Crippen molar-refractivity contribution >= 4 is 34.8 Å². The van der Waals surface area contributed by atoms with E-state index in [1.165, 1.54) is 0 Å². The minimum Gasteiger partial charge on any atom is -0.493 e. The SMILES string of the molecule is COCCNCc1cc(OC)c(OCc2ccc(Cl)cc2Cl)cc1Cl. The second kappa shape index (κ2) is 10.1. The van der Waals surface area contributed by atoms with Crippen LogP contribution in [0.1, 0.15) is 11.1 Å². The molecule has 0 aliphatic heterocycles. The van der Waals surface area contributed by atoms with E-state index in [1.54, 1.807) is 32.4 Å². The van der Waals surface area contributed by atoms with Gasteiger partial charge in [0.25, 0.3) is 0 Å². The van der Waals surface area contributed by atoms with Crippen LogP contribution in [0, 0.1) is 0 Å². The molecule has 0 aliphatic carbocycles. The monoisotopic (exact) mass is 403 g/mol. The molecule has 0 atom stereocenters. The Morgan fingerprint density at radius 2 is 1.68 bits per heavy atom. The maximum Gasteiger partial charge on any atom is 0.163 e. The predicted octanol–water partition coefficient (Wildman–Crippen LogP) is 4.97. The van der Waals surface area contributed by atoms with Crippen LogP contribution in [-0.2, 0) is 17.9 Å². The minimum absolute atomic E-state index is 0.286. The third-order valence-electron chi connectivity index (χ3n) is 3.53. The molecule has 1 N–H and O–H groups in total. The highest BCUT2D eigenvalue weighted by molar-refractivity contribution is 6.35. The smallest absolute Gasteiger partial charge is 0.163 e. The number of hydrogen-bond donors (Lipinski definition) is 1. The highest BCUT2D eigenvalue weighted by atomic mass is 35.5. The number of hydrogen-bond acceptors (Lipinski definition) is 4. The van der Waals surface area contributed by atoms with E-state index in [9.17, 15) is 0 Å². The Hall–Kier alpha value is -1.17. The molecule has 0 spiro atoms. The lowest BCUT2D eigenvalue weighted by Gasteiger charge is -2.15. The van der Waals surface area contributed by atoms with Gasteiger partial charge in [-0.05, 0) is 23.8 Å². The second-order valence-electron chi connectivity index (χ2n) is 5.29. The van der Waals surface area contributed by atoms with Gasteiger partial charge < -0.3 is 19.5 Å². The Morgan fingerprint density at radius 1 is 0.920 bits per heavy atom. The van der Waals surface area contributed by atoms with Crippen LogP contribution in [0.5, 0.6) is 11.5 Å². The number of ether oxygens (including phenoxy) is 3. The molecule has 2 rings (SSSR count). The number of nitrogens with one attached hydrogen (secondary N) is 1. The first-order chi connectivity index (χ1) is 12.0.